The molecule has 0 radical (unpaired) electrons. The standard InChI is InChI=1S/C20H24N2O3/c1-13-8-9-15-16(11-13)20(25)22(19(15)24)12-18(23)21-10-4-7-17(21)14-5-2-3-6-14/h8-9,11,14,17H,2-7,10,12H2,1H3/t17-/m0/s1. The van der Waals surface area contributed by atoms with E-state index in [4.69, 9.17) is 0 Å². The number of nitrogens with zero attached hydrogens (tertiary/aromatic N) is 2. The molecule has 5 heteroatoms. The van der Waals surface area contributed by atoms with Crippen LogP contribution in [0, 0.1) is 12.8 Å². The van der Waals surface area contributed by atoms with Crippen molar-refractivity contribution >= 4 is 17.7 Å². The highest BCUT2D eigenvalue weighted by Gasteiger charge is 2.40. The Labute approximate surface area is 148 Å². The van der Waals surface area contributed by atoms with E-state index in [0.717, 1.165) is 29.8 Å². The normalized spacial score (nSPS) is 23.6. The number of carbonyl (C=O) groups excluding carboxylic acids is 3. The zero-order valence-electron chi connectivity index (χ0n) is 14.7. The van der Waals surface area contributed by atoms with Crippen molar-refractivity contribution in [1.29, 1.82) is 0 Å². The number of imide groups is 1. The zero-order chi connectivity index (χ0) is 17.6. The lowest BCUT2D eigenvalue weighted by Crippen LogP contribution is -2.46. The Hall–Kier alpha value is -2.17. The predicted molar refractivity (Wildman–Crippen MR) is 93.2 cm³/mol. The highest BCUT2D eigenvalue weighted by atomic mass is 16.2. The molecule has 0 aromatic heterocycles. The molecule has 2 aliphatic heterocycles. The molecule has 3 amide bonds. The number of aryl methyl sites for hydroxylation is 1. The molecule has 5 nitrogen and oxygen atoms in total. The smallest absolute Gasteiger partial charge is 0.262 e. The Morgan fingerprint density at radius 1 is 1.04 bits per heavy atom. The molecule has 25 heavy (non-hydrogen) atoms. The molecule has 1 aromatic carbocycles. The molecule has 1 aliphatic carbocycles. The molecule has 0 bridgehead atoms. The largest absolute Gasteiger partial charge is 0.338 e. The van der Waals surface area contributed by atoms with Gasteiger partial charge < -0.3 is 4.90 Å². The Balaban J connectivity index is 1.49. The van der Waals surface area contributed by atoms with Gasteiger partial charge in [-0.2, -0.15) is 0 Å². The molecule has 2 fully saturated rings. The molecule has 132 valence electrons. The minimum absolute atomic E-state index is 0.0828. The lowest BCUT2D eigenvalue weighted by molar-refractivity contribution is -0.133. The first-order valence-corrected chi connectivity index (χ1v) is 9.32. The fourth-order valence-electron chi connectivity index (χ4n) is 4.71. The van der Waals surface area contributed by atoms with E-state index in [2.05, 4.69) is 0 Å². The summed E-state index contributed by atoms with van der Waals surface area (Å²) >= 11 is 0. The van der Waals surface area contributed by atoms with Crippen LogP contribution in [0.25, 0.3) is 0 Å². The van der Waals surface area contributed by atoms with Gasteiger partial charge in [-0.1, -0.05) is 24.5 Å². The van der Waals surface area contributed by atoms with Crippen LogP contribution in [0.3, 0.4) is 0 Å². The number of rotatable bonds is 3. The van der Waals surface area contributed by atoms with Crippen LogP contribution in [0.4, 0.5) is 0 Å². The first-order valence-electron chi connectivity index (χ1n) is 9.32. The molecule has 0 unspecified atom stereocenters. The van der Waals surface area contributed by atoms with Gasteiger partial charge in [-0.05, 0) is 50.7 Å². The number of amides is 3. The van der Waals surface area contributed by atoms with Crippen molar-refractivity contribution in [3.8, 4) is 0 Å². The molecule has 3 aliphatic rings. The number of hydrogen-bond acceptors (Lipinski definition) is 3. The third kappa shape index (κ3) is 2.75. The summed E-state index contributed by atoms with van der Waals surface area (Å²) in [6, 6.07) is 5.54. The summed E-state index contributed by atoms with van der Waals surface area (Å²) in [7, 11) is 0. The molecular weight excluding hydrogens is 316 g/mol. The van der Waals surface area contributed by atoms with E-state index in [9.17, 15) is 14.4 Å². The highest BCUT2D eigenvalue weighted by molar-refractivity contribution is 6.22. The molecular formula is C20H24N2O3. The first-order chi connectivity index (χ1) is 12.1. The van der Waals surface area contributed by atoms with E-state index >= 15 is 0 Å². The van der Waals surface area contributed by atoms with Crippen LogP contribution in [0.1, 0.15) is 64.8 Å². The Bertz CT molecular complexity index is 736. The summed E-state index contributed by atoms with van der Waals surface area (Å²) in [6.45, 7) is 2.51. The molecule has 1 atom stereocenters. The molecule has 2 heterocycles. The third-order valence-electron chi connectivity index (χ3n) is 5.98. The Morgan fingerprint density at radius 3 is 2.52 bits per heavy atom. The summed E-state index contributed by atoms with van der Waals surface area (Å²) in [5.74, 6) is -0.171. The van der Waals surface area contributed by atoms with Gasteiger partial charge in [0.25, 0.3) is 11.8 Å². The van der Waals surface area contributed by atoms with Crippen molar-refractivity contribution in [3.63, 3.8) is 0 Å². The first kappa shape index (κ1) is 16.3. The number of fused-ring (bicyclic) bond motifs is 1. The van der Waals surface area contributed by atoms with Crippen LogP contribution >= 0.6 is 0 Å². The second-order valence-corrected chi connectivity index (χ2v) is 7.59. The van der Waals surface area contributed by atoms with E-state index in [1.165, 1.54) is 25.7 Å². The topological polar surface area (TPSA) is 57.7 Å². The maximum atomic E-state index is 12.9. The van der Waals surface area contributed by atoms with E-state index < -0.39 is 0 Å². The van der Waals surface area contributed by atoms with Crippen molar-refractivity contribution < 1.29 is 14.4 Å². The van der Waals surface area contributed by atoms with Gasteiger partial charge >= 0.3 is 0 Å². The molecule has 4 rings (SSSR count). The van der Waals surface area contributed by atoms with Gasteiger partial charge in [-0.3, -0.25) is 19.3 Å². The van der Waals surface area contributed by atoms with Gasteiger partial charge in [0.05, 0.1) is 11.1 Å². The second kappa shape index (κ2) is 6.28. The van der Waals surface area contributed by atoms with Crippen molar-refractivity contribution in [2.75, 3.05) is 13.1 Å². The average Bonchev–Trinajstić information content (AvgIpc) is 3.31. The average molecular weight is 340 g/mol. The lowest BCUT2D eigenvalue weighted by Gasteiger charge is -2.30. The Morgan fingerprint density at radius 2 is 1.76 bits per heavy atom. The van der Waals surface area contributed by atoms with Gasteiger partial charge in [0.15, 0.2) is 0 Å². The fourth-order valence-corrected chi connectivity index (χ4v) is 4.71. The van der Waals surface area contributed by atoms with Crippen molar-refractivity contribution in [2.24, 2.45) is 5.92 Å². The van der Waals surface area contributed by atoms with Gasteiger partial charge in [0, 0.05) is 12.6 Å². The van der Waals surface area contributed by atoms with E-state index in [0.29, 0.717) is 23.1 Å². The molecule has 0 spiro atoms. The second-order valence-electron chi connectivity index (χ2n) is 7.59. The summed E-state index contributed by atoms with van der Waals surface area (Å²) in [5, 5.41) is 0. The monoisotopic (exact) mass is 340 g/mol. The maximum absolute atomic E-state index is 12.9. The fraction of sp³-hybridized carbons (Fsp3) is 0.550. The number of carbonyl (C=O) groups is 3. The van der Waals surface area contributed by atoms with Crippen LogP contribution in [0.2, 0.25) is 0 Å². The van der Waals surface area contributed by atoms with Crippen LogP contribution in [0.5, 0.6) is 0 Å². The van der Waals surface area contributed by atoms with Crippen LogP contribution in [-0.4, -0.2) is 46.7 Å². The van der Waals surface area contributed by atoms with Gasteiger partial charge in [-0.25, -0.2) is 0 Å². The molecule has 1 saturated heterocycles. The highest BCUT2D eigenvalue weighted by Crippen LogP contribution is 2.35. The predicted octanol–water partition coefficient (Wildman–Crippen LogP) is 2.77. The zero-order valence-corrected chi connectivity index (χ0v) is 14.7. The quantitative estimate of drug-likeness (QED) is 0.795. The van der Waals surface area contributed by atoms with E-state index in [-0.39, 0.29) is 24.3 Å². The van der Waals surface area contributed by atoms with Crippen LogP contribution < -0.4 is 0 Å². The molecule has 1 aromatic rings. The van der Waals surface area contributed by atoms with Crippen LogP contribution in [-0.2, 0) is 4.79 Å². The van der Waals surface area contributed by atoms with Crippen LogP contribution in [0.15, 0.2) is 18.2 Å². The minimum Gasteiger partial charge on any atom is -0.338 e. The SMILES string of the molecule is Cc1ccc2c(c1)C(=O)N(CC(=O)N1CCC[C@H]1C1CCCC1)C2=O. The summed E-state index contributed by atoms with van der Waals surface area (Å²) in [4.78, 5) is 41.0. The molecule has 1 saturated carbocycles. The molecule has 0 N–H and O–H groups in total. The third-order valence-corrected chi connectivity index (χ3v) is 5.98. The van der Waals surface area contributed by atoms with Gasteiger partial charge in [0.1, 0.15) is 6.54 Å². The minimum atomic E-state index is -0.343. The van der Waals surface area contributed by atoms with E-state index in [1.54, 1.807) is 12.1 Å². The van der Waals surface area contributed by atoms with E-state index in [1.807, 2.05) is 17.9 Å². The van der Waals surface area contributed by atoms with Crippen molar-refractivity contribution in [3.05, 3.63) is 34.9 Å². The summed E-state index contributed by atoms with van der Waals surface area (Å²) in [6.07, 6.45) is 6.97. The number of hydrogen-bond donors (Lipinski definition) is 0. The van der Waals surface area contributed by atoms with Crippen molar-refractivity contribution in [2.45, 2.75) is 51.5 Å². The lowest BCUT2D eigenvalue weighted by atomic mass is 9.96. The van der Waals surface area contributed by atoms with Crippen molar-refractivity contribution in [1.82, 2.24) is 9.80 Å². The van der Waals surface area contributed by atoms with Gasteiger partial charge in [0.2, 0.25) is 5.91 Å². The summed E-state index contributed by atoms with van der Waals surface area (Å²) < 4.78 is 0. The maximum Gasteiger partial charge on any atom is 0.262 e. The Kier molecular flexibility index (Phi) is 4.10. The number of benzene rings is 1. The summed E-state index contributed by atoms with van der Waals surface area (Å²) in [5.41, 5.74) is 1.78. The number of likely N-dealkylation sites (tertiary alicyclic amines) is 1. The van der Waals surface area contributed by atoms with Gasteiger partial charge in [-0.15, -0.1) is 0 Å².